The molecule has 0 aromatic heterocycles. The molecule has 9 heteroatoms. The van der Waals surface area contributed by atoms with E-state index in [0.717, 1.165) is 13.2 Å². The number of methoxy groups -OCH3 is 1. The molecule has 0 aliphatic rings. The van der Waals surface area contributed by atoms with Crippen LogP contribution in [0.2, 0.25) is 0 Å². The van der Waals surface area contributed by atoms with Crippen LogP contribution < -0.4 is 5.73 Å². The molecule has 19 heavy (non-hydrogen) atoms. The van der Waals surface area contributed by atoms with Crippen LogP contribution in [0.3, 0.4) is 0 Å². The normalized spacial score (nSPS) is 13.7. The Bertz CT molecular complexity index is 521. The number of aliphatic hydroxyl groups excluding tert-OH is 2. The number of carbonyl (C=O) groups is 1. The van der Waals surface area contributed by atoms with E-state index >= 15 is 0 Å². The Kier molecular flexibility index (Phi) is 4.35. The molecule has 2 unspecified atom stereocenters. The molecule has 1 aromatic carbocycles. The second-order valence-electron chi connectivity index (χ2n) is 3.61. The van der Waals surface area contributed by atoms with Crippen molar-refractivity contribution in [3.8, 4) is 0 Å². The van der Waals surface area contributed by atoms with E-state index in [2.05, 4.69) is 4.74 Å². The lowest BCUT2D eigenvalue weighted by Gasteiger charge is -2.16. The Morgan fingerprint density at radius 1 is 1.53 bits per heavy atom. The summed E-state index contributed by atoms with van der Waals surface area (Å²) in [7, 11) is 0.976. The fourth-order valence-electron chi connectivity index (χ4n) is 1.38. The maximum atomic E-state index is 13.4. The van der Waals surface area contributed by atoms with Crippen LogP contribution in [-0.4, -0.2) is 34.3 Å². The van der Waals surface area contributed by atoms with E-state index in [4.69, 9.17) is 5.73 Å². The summed E-state index contributed by atoms with van der Waals surface area (Å²) >= 11 is 0. The number of ether oxygens (including phenoxy) is 1. The number of nitrogen functional groups attached to an aromatic ring is 1. The number of esters is 1. The highest BCUT2D eigenvalue weighted by Gasteiger charge is 2.29. The molecular weight excluding hydrogens is 263 g/mol. The molecule has 1 rings (SSSR count). The number of hydrogen-bond donors (Lipinski definition) is 3. The molecule has 4 N–H and O–H groups in total. The van der Waals surface area contributed by atoms with Gasteiger partial charge < -0.3 is 20.7 Å². The van der Waals surface area contributed by atoms with Crippen molar-refractivity contribution < 1.29 is 29.1 Å². The third-order valence-corrected chi connectivity index (χ3v) is 2.41. The first kappa shape index (κ1) is 14.8. The average Bonchev–Trinajstić information content (AvgIpc) is 2.38. The smallest absolute Gasteiger partial charge is 0.337 e. The highest BCUT2D eigenvalue weighted by atomic mass is 19.1. The van der Waals surface area contributed by atoms with E-state index in [9.17, 15) is 29.5 Å². The van der Waals surface area contributed by atoms with Crippen LogP contribution in [0.15, 0.2) is 12.1 Å². The molecule has 0 bridgehead atoms. The SMILES string of the molecule is COC(=O)C(O)C(O)c1cc(F)c(N)c([N+](=O)[O-])c1. The summed E-state index contributed by atoms with van der Waals surface area (Å²) in [6.45, 7) is 0. The lowest BCUT2D eigenvalue weighted by Crippen LogP contribution is -2.29. The van der Waals surface area contributed by atoms with Gasteiger partial charge in [-0.3, -0.25) is 10.1 Å². The second-order valence-corrected chi connectivity index (χ2v) is 3.61. The van der Waals surface area contributed by atoms with Crippen molar-refractivity contribution in [2.24, 2.45) is 0 Å². The average molecular weight is 274 g/mol. The van der Waals surface area contributed by atoms with Gasteiger partial charge in [-0.1, -0.05) is 0 Å². The van der Waals surface area contributed by atoms with Gasteiger partial charge in [0.05, 0.1) is 12.0 Å². The lowest BCUT2D eigenvalue weighted by molar-refractivity contribution is -0.384. The van der Waals surface area contributed by atoms with Crippen molar-refractivity contribution in [2.45, 2.75) is 12.2 Å². The molecule has 0 amide bonds. The predicted octanol–water partition coefficient (Wildman–Crippen LogP) is -0.117. The number of carbonyl (C=O) groups excluding carboxylic acids is 1. The standard InChI is InChI=1S/C10H11FN2O6/c1-19-10(16)9(15)8(14)4-2-5(11)7(12)6(3-4)13(17)18/h2-3,8-9,14-15H,12H2,1H3. The molecule has 0 saturated heterocycles. The number of nitrogens with two attached hydrogens (primary N) is 1. The Labute approximate surface area is 106 Å². The molecule has 8 nitrogen and oxygen atoms in total. The van der Waals surface area contributed by atoms with Crippen molar-refractivity contribution in [1.82, 2.24) is 0 Å². The summed E-state index contributed by atoms with van der Waals surface area (Å²) < 4.78 is 17.6. The number of aliphatic hydroxyl groups is 2. The van der Waals surface area contributed by atoms with E-state index in [1.54, 1.807) is 0 Å². The largest absolute Gasteiger partial charge is 0.467 e. The molecule has 2 atom stereocenters. The molecule has 0 aliphatic heterocycles. The van der Waals surface area contributed by atoms with E-state index in [-0.39, 0.29) is 5.56 Å². The summed E-state index contributed by atoms with van der Waals surface area (Å²) in [4.78, 5) is 20.7. The fourth-order valence-corrected chi connectivity index (χ4v) is 1.38. The molecule has 104 valence electrons. The predicted molar refractivity (Wildman–Crippen MR) is 60.4 cm³/mol. The third kappa shape index (κ3) is 2.95. The van der Waals surface area contributed by atoms with Gasteiger partial charge in [-0.15, -0.1) is 0 Å². The van der Waals surface area contributed by atoms with Gasteiger partial charge in [0.25, 0.3) is 5.69 Å². The zero-order valence-electron chi connectivity index (χ0n) is 9.74. The summed E-state index contributed by atoms with van der Waals surface area (Å²) in [5.74, 6) is -2.30. The van der Waals surface area contributed by atoms with Gasteiger partial charge in [0.1, 0.15) is 11.8 Å². The van der Waals surface area contributed by atoms with Crippen molar-refractivity contribution in [1.29, 1.82) is 0 Å². The number of nitro groups is 1. The van der Waals surface area contributed by atoms with Crippen LogP contribution >= 0.6 is 0 Å². The van der Waals surface area contributed by atoms with Crippen LogP contribution in [0.25, 0.3) is 0 Å². The zero-order chi connectivity index (χ0) is 14.7. The van der Waals surface area contributed by atoms with Gasteiger partial charge in [0.15, 0.2) is 11.9 Å². The number of rotatable bonds is 4. The maximum absolute atomic E-state index is 13.4. The van der Waals surface area contributed by atoms with Gasteiger partial charge in [-0.25, -0.2) is 9.18 Å². The third-order valence-electron chi connectivity index (χ3n) is 2.41. The molecule has 0 spiro atoms. The van der Waals surface area contributed by atoms with Crippen LogP contribution in [0.5, 0.6) is 0 Å². The summed E-state index contributed by atoms with van der Waals surface area (Å²) in [6, 6.07) is 1.47. The molecule has 1 aromatic rings. The van der Waals surface area contributed by atoms with Gasteiger partial charge in [-0.2, -0.15) is 0 Å². The summed E-state index contributed by atoms with van der Waals surface area (Å²) in [5, 5.41) is 29.6. The quantitative estimate of drug-likeness (QED) is 0.301. The number of hydrogen-bond acceptors (Lipinski definition) is 7. The minimum absolute atomic E-state index is 0.365. The van der Waals surface area contributed by atoms with Crippen molar-refractivity contribution in [3.05, 3.63) is 33.6 Å². The number of nitrogens with zero attached hydrogens (tertiary/aromatic N) is 1. The topological polar surface area (TPSA) is 136 Å². The Balaban J connectivity index is 3.21. The summed E-state index contributed by atoms with van der Waals surface area (Å²) in [5.41, 5.74) is 3.33. The van der Waals surface area contributed by atoms with E-state index in [1.165, 1.54) is 0 Å². The number of benzene rings is 1. The molecule has 0 aliphatic carbocycles. The first-order valence-electron chi connectivity index (χ1n) is 4.96. The molecule has 0 heterocycles. The first-order chi connectivity index (χ1) is 8.79. The van der Waals surface area contributed by atoms with Crippen LogP contribution in [0.1, 0.15) is 11.7 Å². The number of nitro benzene ring substituents is 1. The Hall–Kier alpha value is -2.26. The Morgan fingerprint density at radius 2 is 2.11 bits per heavy atom. The van der Waals surface area contributed by atoms with Crippen LogP contribution in [-0.2, 0) is 9.53 Å². The highest BCUT2D eigenvalue weighted by Crippen LogP contribution is 2.30. The van der Waals surface area contributed by atoms with Gasteiger partial charge in [-0.05, 0) is 11.6 Å². The van der Waals surface area contributed by atoms with Gasteiger partial charge in [0.2, 0.25) is 0 Å². The maximum Gasteiger partial charge on any atom is 0.337 e. The molecule has 0 radical (unpaired) electrons. The molecular formula is C10H11FN2O6. The van der Waals surface area contributed by atoms with Crippen LogP contribution in [0, 0.1) is 15.9 Å². The first-order valence-corrected chi connectivity index (χ1v) is 4.96. The monoisotopic (exact) mass is 274 g/mol. The Morgan fingerprint density at radius 3 is 2.58 bits per heavy atom. The zero-order valence-corrected chi connectivity index (χ0v) is 9.74. The molecule has 0 fully saturated rings. The van der Waals surface area contributed by atoms with Crippen molar-refractivity contribution in [2.75, 3.05) is 12.8 Å². The number of anilines is 1. The minimum atomic E-state index is -1.99. The van der Waals surface area contributed by atoms with Gasteiger partial charge >= 0.3 is 5.97 Å². The van der Waals surface area contributed by atoms with Gasteiger partial charge in [0, 0.05) is 6.07 Å². The van der Waals surface area contributed by atoms with E-state index in [1.807, 2.05) is 0 Å². The fraction of sp³-hybridized carbons (Fsp3) is 0.300. The lowest BCUT2D eigenvalue weighted by atomic mass is 10.0. The highest BCUT2D eigenvalue weighted by molar-refractivity contribution is 5.75. The van der Waals surface area contributed by atoms with E-state index < -0.39 is 40.3 Å². The molecule has 0 saturated carbocycles. The minimum Gasteiger partial charge on any atom is -0.467 e. The van der Waals surface area contributed by atoms with Crippen molar-refractivity contribution >= 4 is 17.3 Å². The summed E-state index contributed by atoms with van der Waals surface area (Å²) in [6.07, 6.45) is -3.87. The van der Waals surface area contributed by atoms with E-state index in [0.29, 0.717) is 6.07 Å². The number of halogens is 1. The van der Waals surface area contributed by atoms with Crippen molar-refractivity contribution in [3.63, 3.8) is 0 Å². The van der Waals surface area contributed by atoms with Crippen LogP contribution in [0.4, 0.5) is 15.8 Å². The second kappa shape index (κ2) is 5.59.